The number of aromatic nitrogens is 4. The molecular weight excluding hydrogens is 304 g/mol. The lowest BCUT2D eigenvalue weighted by molar-refractivity contribution is 0.0956. The van der Waals surface area contributed by atoms with E-state index >= 15 is 0 Å². The van der Waals surface area contributed by atoms with Crippen LogP contribution in [0.3, 0.4) is 0 Å². The highest BCUT2D eigenvalue weighted by molar-refractivity contribution is 6.31. The molecule has 1 amide bonds. The van der Waals surface area contributed by atoms with E-state index in [1.165, 1.54) is 16.6 Å². The molecule has 1 aromatic carbocycles. The Labute approximate surface area is 132 Å². The van der Waals surface area contributed by atoms with E-state index in [4.69, 9.17) is 11.6 Å². The largest absolute Gasteiger partial charge is 0.348 e. The Bertz CT molecular complexity index is 697. The van der Waals surface area contributed by atoms with Crippen molar-refractivity contribution in [3.63, 3.8) is 0 Å². The molecule has 0 fully saturated rings. The van der Waals surface area contributed by atoms with Crippen molar-refractivity contribution in [2.75, 3.05) is 19.6 Å². The number of nitrogens with zero attached hydrogens (tertiary/aromatic N) is 4. The number of amides is 1. The summed E-state index contributed by atoms with van der Waals surface area (Å²) < 4.78 is 1.44. The number of carbonyl (C=O) groups is 1. The van der Waals surface area contributed by atoms with Crippen molar-refractivity contribution in [2.24, 2.45) is 0 Å². The quantitative estimate of drug-likeness (QED) is 0.820. The van der Waals surface area contributed by atoms with Crippen molar-refractivity contribution in [3.8, 4) is 5.69 Å². The molecule has 1 aliphatic heterocycles. The zero-order chi connectivity index (χ0) is 15.4. The zero-order valence-electron chi connectivity index (χ0n) is 11.8. The summed E-state index contributed by atoms with van der Waals surface area (Å²) in [4.78, 5) is 12.5. The minimum absolute atomic E-state index is 0.201. The molecule has 0 saturated heterocycles. The summed E-state index contributed by atoms with van der Waals surface area (Å²) >= 11 is 6.01. The summed E-state index contributed by atoms with van der Waals surface area (Å²) in [7, 11) is 0. The lowest BCUT2D eigenvalue weighted by atomic mass is 10.1. The number of hydrogen-bond donors (Lipinski definition) is 2. The third-order valence-corrected chi connectivity index (χ3v) is 3.67. The van der Waals surface area contributed by atoms with Crippen LogP contribution in [0.1, 0.15) is 16.8 Å². The van der Waals surface area contributed by atoms with Gasteiger partial charge in [-0.2, -0.15) is 4.68 Å². The predicted octanol–water partition coefficient (Wildman–Crippen LogP) is 0.965. The van der Waals surface area contributed by atoms with Crippen molar-refractivity contribution in [3.05, 3.63) is 46.8 Å². The highest BCUT2D eigenvalue weighted by Gasteiger charge is 2.15. The standard InChI is InChI=1S/C14H15ClN6O/c15-11-1-2-13(21-9-18-19-20-21)12(7-11)14(22)17-8-10-3-5-16-6-4-10/h1-3,7,9,16H,4-6,8H2,(H,17,22). The first kappa shape index (κ1) is 14.7. The van der Waals surface area contributed by atoms with Gasteiger partial charge in [-0.3, -0.25) is 4.79 Å². The van der Waals surface area contributed by atoms with E-state index in [2.05, 4.69) is 32.2 Å². The van der Waals surface area contributed by atoms with Crippen LogP contribution in [0.25, 0.3) is 5.69 Å². The van der Waals surface area contributed by atoms with E-state index in [0.29, 0.717) is 22.8 Å². The number of rotatable bonds is 4. The number of halogens is 1. The summed E-state index contributed by atoms with van der Waals surface area (Å²) in [6.45, 7) is 2.31. The van der Waals surface area contributed by atoms with Gasteiger partial charge in [-0.15, -0.1) is 5.10 Å². The van der Waals surface area contributed by atoms with Crippen molar-refractivity contribution < 1.29 is 4.79 Å². The minimum Gasteiger partial charge on any atom is -0.348 e. The molecule has 0 spiro atoms. The molecule has 0 aliphatic carbocycles. The fraction of sp³-hybridized carbons (Fsp3) is 0.286. The average molecular weight is 319 g/mol. The summed E-state index contributed by atoms with van der Waals surface area (Å²) in [5.41, 5.74) is 2.25. The first-order valence-electron chi connectivity index (χ1n) is 6.94. The Balaban J connectivity index is 1.79. The number of hydrogen-bond acceptors (Lipinski definition) is 5. The van der Waals surface area contributed by atoms with Crippen molar-refractivity contribution in [1.29, 1.82) is 0 Å². The van der Waals surface area contributed by atoms with Gasteiger partial charge in [0.2, 0.25) is 0 Å². The average Bonchev–Trinajstić information content (AvgIpc) is 3.08. The van der Waals surface area contributed by atoms with Crippen molar-refractivity contribution in [1.82, 2.24) is 30.8 Å². The van der Waals surface area contributed by atoms with Gasteiger partial charge in [0, 0.05) is 18.1 Å². The van der Waals surface area contributed by atoms with E-state index < -0.39 is 0 Å². The van der Waals surface area contributed by atoms with E-state index in [1.54, 1.807) is 18.2 Å². The van der Waals surface area contributed by atoms with Gasteiger partial charge in [0.25, 0.3) is 5.91 Å². The third-order valence-electron chi connectivity index (χ3n) is 3.43. The molecule has 0 bridgehead atoms. The van der Waals surface area contributed by atoms with Crippen LogP contribution in [0.15, 0.2) is 36.2 Å². The highest BCUT2D eigenvalue weighted by Crippen LogP contribution is 2.19. The number of benzene rings is 1. The summed E-state index contributed by atoms with van der Waals surface area (Å²) in [5, 5.41) is 17.7. The van der Waals surface area contributed by atoms with Crippen molar-refractivity contribution in [2.45, 2.75) is 6.42 Å². The van der Waals surface area contributed by atoms with Crippen LogP contribution in [0.4, 0.5) is 0 Å². The van der Waals surface area contributed by atoms with Gasteiger partial charge in [-0.05, 0) is 41.6 Å². The van der Waals surface area contributed by atoms with Crippen LogP contribution >= 0.6 is 11.6 Å². The molecule has 114 valence electrons. The maximum Gasteiger partial charge on any atom is 0.253 e. The number of nitrogens with one attached hydrogen (secondary N) is 2. The molecule has 0 atom stereocenters. The van der Waals surface area contributed by atoms with Crippen LogP contribution < -0.4 is 10.6 Å². The maximum absolute atomic E-state index is 12.5. The molecule has 8 heteroatoms. The SMILES string of the molecule is O=C(NCC1=CCNCC1)c1cc(Cl)ccc1-n1cnnn1. The second-order valence-electron chi connectivity index (χ2n) is 4.92. The highest BCUT2D eigenvalue weighted by atomic mass is 35.5. The van der Waals surface area contributed by atoms with Crippen LogP contribution in [0.2, 0.25) is 5.02 Å². The Morgan fingerprint density at radius 1 is 1.45 bits per heavy atom. The normalized spacial score (nSPS) is 14.5. The molecule has 0 saturated carbocycles. The van der Waals surface area contributed by atoms with E-state index in [0.717, 1.165) is 19.5 Å². The first-order chi connectivity index (χ1) is 10.7. The Morgan fingerprint density at radius 3 is 3.09 bits per heavy atom. The monoisotopic (exact) mass is 318 g/mol. The Kier molecular flexibility index (Phi) is 4.45. The van der Waals surface area contributed by atoms with Crippen molar-refractivity contribution >= 4 is 17.5 Å². The molecule has 0 radical (unpaired) electrons. The number of carbonyl (C=O) groups excluding carboxylic acids is 1. The lowest BCUT2D eigenvalue weighted by Gasteiger charge is -2.15. The van der Waals surface area contributed by atoms with Gasteiger partial charge in [-0.1, -0.05) is 23.3 Å². The van der Waals surface area contributed by atoms with Crippen LogP contribution in [0, 0.1) is 0 Å². The fourth-order valence-corrected chi connectivity index (χ4v) is 2.45. The molecule has 0 unspecified atom stereocenters. The predicted molar refractivity (Wildman–Crippen MR) is 82.1 cm³/mol. The van der Waals surface area contributed by atoms with Crippen LogP contribution in [-0.4, -0.2) is 45.7 Å². The molecule has 3 rings (SSSR count). The lowest BCUT2D eigenvalue weighted by Crippen LogP contribution is -2.30. The number of tetrazole rings is 1. The minimum atomic E-state index is -0.201. The Hall–Kier alpha value is -2.25. The molecular formula is C14H15ClN6O. The summed E-state index contributed by atoms with van der Waals surface area (Å²) in [6, 6.07) is 5.03. The molecule has 2 N–H and O–H groups in total. The van der Waals surface area contributed by atoms with E-state index in [9.17, 15) is 4.79 Å². The first-order valence-corrected chi connectivity index (χ1v) is 7.31. The van der Waals surface area contributed by atoms with Gasteiger partial charge in [0.1, 0.15) is 6.33 Å². The molecule has 2 heterocycles. The topological polar surface area (TPSA) is 84.7 Å². The van der Waals surface area contributed by atoms with Gasteiger partial charge in [0.05, 0.1) is 11.3 Å². The molecule has 22 heavy (non-hydrogen) atoms. The smallest absolute Gasteiger partial charge is 0.253 e. The molecule has 7 nitrogen and oxygen atoms in total. The second kappa shape index (κ2) is 6.67. The maximum atomic E-state index is 12.5. The molecule has 1 aromatic heterocycles. The molecule has 1 aliphatic rings. The third kappa shape index (κ3) is 3.32. The Morgan fingerprint density at radius 2 is 2.36 bits per heavy atom. The van der Waals surface area contributed by atoms with Gasteiger partial charge in [0.15, 0.2) is 0 Å². The second-order valence-corrected chi connectivity index (χ2v) is 5.35. The van der Waals surface area contributed by atoms with Gasteiger partial charge < -0.3 is 10.6 Å². The summed E-state index contributed by atoms with van der Waals surface area (Å²) in [6.07, 6.45) is 4.48. The van der Waals surface area contributed by atoms with E-state index in [1.807, 2.05) is 0 Å². The fourth-order valence-electron chi connectivity index (χ4n) is 2.28. The molecule has 2 aromatic rings. The van der Waals surface area contributed by atoms with Crippen LogP contribution in [-0.2, 0) is 0 Å². The zero-order valence-corrected chi connectivity index (χ0v) is 12.5. The van der Waals surface area contributed by atoms with Gasteiger partial charge >= 0.3 is 0 Å². The summed E-state index contributed by atoms with van der Waals surface area (Å²) in [5.74, 6) is -0.201. The van der Waals surface area contributed by atoms with Crippen LogP contribution in [0.5, 0.6) is 0 Å². The van der Waals surface area contributed by atoms with E-state index in [-0.39, 0.29) is 5.91 Å². The van der Waals surface area contributed by atoms with Gasteiger partial charge in [-0.25, -0.2) is 0 Å².